The van der Waals surface area contributed by atoms with E-state index in [1.165, 1.54) is 17.1 Å². The summed E-state index contributed by atoms with van der Waals surface area (Å²) in [7, 11) is -3.27. The van der Waals surface area contributed by atoms with E-state index in [2.05, 4.69) is 20.7 Å². The van der Waals surface area contributed by atoms with E-state index in [0.717, 1.165) is 0 Å². The van der Waals surface area contributed by atoms with Crippen molar-refractivity contribution in [2.24, 2.45) is 5.92 Å². The van der Waals surface area contributed by atoms with Crippen LogP contribution in [0.4, 0.5) is 0 Å². The molecule has 1 N–H and O–H groups in total. The zero-order valence-electron chi connectivity index (χ0n) is 9.24. The molecule has 0 radical (unpaired) electrons. The van der Waals surface area contributed by atoms with Gasteiger partial charge in [0.05, 0.1) is 0 Å². The van der Waals surface area contributed by atoms with Crippen LogP contribution >= 0.6 is 15.9 Å². The molecule has 0 amide bonds. The second-order valence-electron chi connectivity index (χ2n) is 3.79. The predicted octanol–water partition coefficient (Wildman–Crippen LogP) is 1.34. The third kappa shape index (κ3) is 4.01. The Morgan fingerprint density at radius 2 is 1.93 bits per heavy atom. The van der Waals surface area contributed by atoms with Gasteiger partial charge in [-0.25, -0.2) is 4.72 Å². The SMILES string of the molecule is CCN(CC)S(=O)(=O)NCC(Br)C1CC1. The zero-order valence-corrected chi connectivity index (χ0v) is 11.6. The molecule has 1 aliphatic rings. The van der Waals surface area contributed by atoms with Crippen LogP contribution in [0.1, 0.15) is 26.7 Å². The van der Waals surface area contributed by atoms with Crippen LogP contribution < -0.4 is 4.72 Å². The molecule has 0 aromatic carbocycles. The van der Waals surface area contributed by atoms with Crippen molar-refractivity contribution in [1.82, 2.24) is 9.03 Å². The fourth-order valence-electron chi connectivity index (χ4n) is 1.46. The van der Waals surface area contributed by atoms with Crippen LogP contribution in [0.2, 0.25) is 0 Å². The van der Waals surface area contributed by atoms with Crippen molar-refractivity contribution in [2.45, 2.75) is 31.5 Å². The van der Waals surface area contributed by atoms with Gasteiger partial charge >= 0.3 is 0 Å². The van der Waals surface area contributed by atoms with Crippen LogP contribution in [-0.4, -0.2) is 37.2 Å². The van der Waals surface area contributed by atoms with E-state index in [4.69, 9.17) is 0 Å². The highest BCUT2D eigenvalue weighted by atomic mass is 79.9. The quantitative estimate of drug-likeness (QED) is 0.721. The number of nitrogens with zero attached hydrogens (tertiary/aromatic N) is 1. The molecule has 0 aromatic heterocycles. The number of hydrogen-bond donors (Lipinski definition) is 1. The lowest BCUT2D eigenvalue weighted by molar-refractivity contribution is 0.434. The van der Waals surface area contributed by atoms with Crippen LogP contribution in [0.5, 0.6) is 0 Å². The Bertz CT molecular complexity index is 286. The minimum Gasteiger partial charge on any atom is -0.201 e. The lowest BCUT2D eigenvalue weighted by Crippen LogP contribution is -2.42. The number of rotatable bonds is 7. The molecule has 0 heterocycles. The molecule has 0 spiro atoms. The van der Waals surface area contributed by atoms with E-state index in [1.54, 1.807) is 0 Å². The van der Waals surface area contributed by atoms with E-state index >= 15 is 0 Å². The van der Waals surface area contributed by atoms with Crippen molar-refractivity contribution >= 4 is 26.1 Å². The first-order valence-electron chi connectivity index (χ1n) is 5.40. The average Bonchev–Trinajstić information content (AvgIpc) is 2.99. The fraction of sp³-hybridized carbons (Fsp3) is 1.00. The molecule has 0 aliphatic heterocycles. The Hall–Kier alpha value is 0.350. The summed E-state index contributed by atoms with van der Waals surface area (Å²) in [6, 6.07) is 0. The number of halogens is 1. The molecule has 1 unspecified atom stereocenters. The summed E-state index contributed by atoms with van der Waals surface area (Å²) in [6.07, 6.45) is 2.42. The van der Waals surface area contributed by atoms with Gasteiger partial charge in [-0.05, 0) is 18.8 Å². The normalized spacial score (nSPS) is 19.5. The second kappa shape index (κ2) is 5.61. The Morgan fingerprint density at radius 1 is 1.40 bits per heavy atom. The third-order valence-corrected chi connectivity index (χ3v) is 5.44. The topological polar surface area (TPSA) is 49.4 Å². The summed E-state index contributed by atoms with van der Waals surface area (Å²) in [5.74, 6) is 0.657. The van der Waals surface area contributed by atoms with Crippen molar-refractivity contribution in [3.05, 3.63) is 0 Å². The zero-order chi connectivity index (χ0) is 11.5. The molecule has 90 valence electrons. The van der Waals surface area contributed by atoms with Crippen LogP contribution in [0, 0.1) is 5.92 Å². The maximum Gasteiger partial charge on any atom is 0.279 e. The highest BCUT2D eigenvalue weighted by Gasteiger charge is 2.30. The first kappa shape index (κ1) is 13.4. The van der Waals surface area contributed by atoms with Gasteiger partial charge in [-0.15, -0.1) is 0 Å². The number of alkyl halides is 1. The Labute approximate surface area is 101 Å². The van der Waals surface area contributed by atoms with Gasteiger partial charge in [-0.2, -0.15) is 12.7 Å². The number of hydrogen-bond acceptors (Lipinski definition) is 2. The molecule has 15 heavy (non-hydrogen) atoms. The maximum atomic E-state index is 11.7. The van der Waals surface area contributed by atoms with Crippen LogP contribution in [-0.2, 0) is 10.2 Å². The van der Waals surface area contributed by atoms with Gasteiger partial charge in [0.2, 0.25) is 0 Å². The molecule has 0 aromatic rings. The van der Waals surface area contributed by atoms with E-state index in [1.807, 2.05) is 13.8 Å². The van der Waals surface area contributed by atoms with E-state index < -0.39 is 10.2 Å². The minimum absolute atomic E-state index is 0.280. The molecule has 0 bridgehead atoms. The van der Waals surface area contributed by atoms with Gasteiger partial charge in [0.1, 0.15) is 0 Å². The summed E-state index contributed by atoms with van der Waals surface area (Å²) >= 11 is 3.50. The molecule has 1 aliphatic carbocycles. The molecule has 0 saturated heterocycles. The smallest absolute Gasteiger partial charge is 0.201 e. The standard InChI is InChI=1S/C9H19BrN2O2S/c1-3-12(4-2)15(13,14)11-7-9(10)8-5-6-8/h8-9,11H,3-7H2,1-2H3. The van der Waals surface area contributed by atoms with Gasteiger partial charge in [0.15, 0.2) is 0 Å². The van der Waals surface area contributed by atoms with Crippen molar-refractivity contribution in [3.8, 4) is 0 Å². The van der Waals surface area contributed by atoms with Crippen LogP contribution in [0.15, 0.2) is 0 Å². The predicted molar refractivity (Wildman–Crippen MR) is 65.3 cm³/mol. The second-order valence-corrected chi connectivity index (χ2v) is 6.72. The largest absolute Gasteiger partial charge is 0.279 e. The van der Waals surface area contributed by atoms with Gasteiger partial charge in [-0.1, -0.05) is 29.8 Å². The average molecular weight is 299 g/mol. The summed E-state index contributed by atoms with van der Waals surface area (Å²) in [6.45, 7) is 5.21. The summed E-state index contributed by atoms with van der Waals surface area (Å²) in [5, 5.41) is 0. The molecule has 1 rings (SSSR count). The third-order valence-electron chi connectivity index (χ3n) is 2.64. The van der Waals surface area contributed by atoms with Crippen LogP contribution in [0.3, 0.4) is 0 Å². The molecule has 1 saturated carbocycles. The molecule has 4 nitrogen and oxygen atoms in total. The maximum absolute atomic E-state index is 11.7. The summed E-state index contributed by atoms with van der Waals surface area (Å²) in [5.41, 5.74) is 0. The first-order valence-corrected chi connectivity index (χ1v) is 7.75. The molecule has 6 heteroatoms. The lowest BCUT2D eigenvalue weighted by atomic mass is 10.3. The van der Waals surface area contributed by atoms with E-state index in [-0.39, 0.29) is 4.83 Å². The molecule has 1 fully saturated rings. The van der Waals surface area contributed by atoms with Crippen molar-refractivity contribution in [1.29, 1.82) is 0 Å². The van der Waals surface area contributed by atoms with Gasteiger partial charge in [-0.3, -0.25) is 0 Å². The highest BCUT2D eigenvalue weighted by Crippen LogP contribution is 2.36. The van der Waals surface area contributed by atoms with Gasteiger partial charge < -0.3 is 0 Å². The lowest BCUT2D eigenvalue weighted by Gasteiger charge is -2.19. The highest BCUT2D eigenvalue weighted by molar-refractivity contribution is 9.09. The molecule has 1 atom stereocenters. The first-order chi connectivity index (χ1) is 7.01. The number of nitrogens with one attached hydrogen (secondary N) is 1. The van der Waals surface area contributed by atoms with Crippen molar-refractivity contribution < 1.29 is 8.42 Å². The van der Waals surface area contributed by atoms with Gasteiger partial charge in [0.25, 0.3) is 10.2 Å². The van der Waals surface area contributed by atoms with Crippen molar-refractivity contribution in [2.75, 3.05) is 19.6 Å². The van der Waals surface area contributed by atoms with Crippen LogP contribution in [0.25, 0.3) is 0 Å². The fourth-order valence-corrected chi connectivity index (χ4v) is 3.62. The molecular formula is C9H19BrN2O2S. The summed E-state index contributed by atoms with van der Waals surface area (Å²) in [4.78, 5) is 0.280. The Balaban J connectivity index is 2.40. The van der Waals surface area contributed by atoms with E-state index in [0.29, 0.717) is 25.6 Å². The van der Waals surface area contributed by atoms with E-state index in [9.17, 15) is 8.42 Å². The Morgan fingerprint density at radius 3 is 2.33 bits per heavy atom. The minimum atomic E-state index is -3.27. The van der Waals surface area contributed by atoms with Crippen molar-refractivity contribution in [3.63, 3.8) is 0 Å². The summed E-state index contributed by atoms with van der Waals surface area (Å²) < 4.78 is 27.5. The molecular weight excluding hydrogens is 280 g/mol. The Kier molecular flexibility index (Phi) is 5.02. The monoisotopic (exact) mass is 298 g/mol. The van der Waals surface area contributed by atoms with Gasteiger partial charge in [0, 0.05) is 24.5 Å².